The normalized spacial score (nSPS) is 16.4. The molecule has 9 heteroatoms. The number of alkyl halides is 3. The Morgan fingerprint density at radius 3 is 2.77 bits per heavy atom. The number of hydrogen-bond acceptors (Lipinski definition) is 5. The maximum absolute atomic E-state index is 12.5. The van der Waals surface area contributed by atoms with Crippen LogP contribution in [0.25, 0.3) is 11.4 Å². The van der Waals surface area contributed by atoms with E-state index in [1.807, 2.05) is 0 Å². The average Bonchev–Trinajstić information content (AvgIpc) is 3.11. The van der Waals surface area contributed by atoms with Crippen LogP contribution in [0.1, 0.15) is 17.9 Å². The summed E-state index contributed by atoms with van der Waals surface area (Å²) in [7, 11) is 0. The third-order valence-electron chi connectivity index (χ3n) is 3.15. The summed E-state index contributed by atoms with van der Waals surface area (Å²) < 4.78 is 43.8. The zero-order valence-corrected chi connectivity index (χ0v) is 12.8. The van der Waals surface area contributed by atoms with Crippen molar-refractivity contribution in [2.45, 2.75) is 19.1 Å². The lowest BCUT2D eigenvalue weighted by Crippen LogP contribution is -2.11. The van der Waals surface area contributed by atoms with Gasteiger partial charge in [-0.3, -0.25) is 0 Å². The predicted octanol–water partition coefficient (Wildman–Crippen LogP) is 4.26. The Morgan fingerprint density at radius 2 is 2.18 bits per heavy atom. The van der Waals surface area contributed by atoms with Crippen molar-refractivity contribution >= 4 is 23.5 Å². The van der Waals surface area contributed by atoms with Crippen LogP contribution in [-0.4, -0.2) is 26.7 Å². The Bertz CT molecular complexity index is 671. The molecule has 0 aliphatic carbocycles. The molecular formula is C13H11ClF3N3OS. The van der Waals surface area contributed by atoms with Crippen LogP contribution in [0.3, 0.4) is 0 Å². The van der Waals surface area contributed by atoms with Gasteiger partial charge in [0, 0.05) is 29.4 Å². The minimum absolute atomic E-state index is 0.128. The molecular weight excluding hydrogens is 339 g/mol. The van der Waals surface area contributed by atoms with E-state index in [1.54, 1.807) is 30.1 Å². The smallest absolute Gasteiger partial charge is 0.329 e. The van der Waals surface area contributed by atoms with Gasteiger partial charge in [0.05, 0.1) is 0 Å². The van der Waals surface area contributed by atoms with Gasteiger partial charge in [-0.1, -0.05) is 40.8 Å². The Morgan fingerprint density at radius 1 is 1.36 bits per heavy atom. The minimum atomic E-state index is -4.65. The molecule has 1 saturated heterocycles. The fraction of sp³-hybridized carbons (Fsp3) is 0.385. The van der Waals surface area contributed by atoms with E-state index in [-0.39, 0.29) is 5.82 Å². The summed E-state index contributed by atoms with van der Waals surface area (Å²) in [4.78, 5) is 3.35. The topological polar surface area (TPSA) is 42.2 Å². The van der Waals surface area contributed by atoms with Crippen LogP contribution >= 0.6 is 23.5 Å². The van der Waals surface area contributed by atoms with Crippen molar-refractivity contribution in [2.75, 3.05) is 12.3 Å². The van der Waals surface area contributed by atoms with Crippen LogP contribution < -0.4 is 0 Å². The van der Waals surface area contributed by atoms with E-state index in [9.17, 15) is 13.2 Å². The van der Waals surface area contributed by atoms with Crippen molar-refractivity contribution in [1.29, 1.82) is 0 Å². The number of rotatable bonds is 3. The highest BCUT2D eigenvalue weighted by Crippen LogP contribution is 2.31. The molecule has 0 radical (unpaired) electrons. The maximum Gasteiger partial charge on any atom is 0.471 e. The molecule has 22 heavy (non-hydrogen) atoms. The Kier molecular flexibility index (Phi) is 4.33. The van der Waals surface area contributed by atoms with Gasteiger partial charge in [-0.15, -0.1) is 0 Å². The zero-order chi connectivity index (χ0) is 15.7. The highest BCUT2D eigenvalue weighted by Gasteiger charge is 2.38. The van der Waals surface area contributed by atoms with Crippen molar-refractivity contribution < 1.29 is 17.7 Å². The SMILES string of the molecule is FC(F)(F)c1nc(-c2ccc(CN3CCCS3)c(Cl)c2)no1. The molecule has 1 aliphatic heterocycles. The van der Waals surface area contributed by atoms with Crippen LogP contribution in [-0.2, 0) is 12.7 Å². The van der Waals surface area contributed by atoms with Crippen LogP contribution in [0.5, 0.6) is 0 Å². The van der Waals surface area contributed by atoms with Gasteiger partial charge in [0.15, 0.2) is 0 Å². The lowest BCUT2D eigenvalue weighted by atomic mass is 10.1. The van der Waals surface area contributed by atoms with Crippen LogP contribution in [0.4, 0.5) is 13.2 Å². The van der Waals surface area contributed by atoms with E-state index in [0.29, 0.717) is 17.1 Å². The van der Waals surface area contributed by atoms with Gasteiger partial charge in [-0.05, 0) is 18.1 Å². The molecule has 3 rings (SSSR count). The molecule has 0 amide bonds. The minimum Gasteiger partial charge on any atom is -0.329 e. The molecule has 0 bridgehead atoms. The number of hydrogen-bond donors (Lipinski definition) is 0. The van der Waals surface area contributed by atoms with Crippen LogP contribution in [0.2, 0.25) is 5.02 Å². The summed E-state index contributed by atoms with van der Waals surface area (Å²) in [5, 5.41) is 3.82. The highest BCUT2D eigenvalue weighted by atomic mass is 35.5. The summed E-state index contributed by atoms with van der Waals surface area (Å²) >= 11 is 7.97. The Labute approximate surface area is 133 Å². The fourth-order valence-electron chi connectivity index (χ4n) is 2.08. The summed E-state index contributed by atoms with van der Waals surface area (Å²) in [5.74, 6) is -0.397. The van der Waals surface area contributed by atoms with E-state index < -0.39 is 12.1 Å². The standard InChI is InChI=1S/C13H11ClF3N3OS/c14-10-6-8(11-18-12(21-19-11)13(15,16)17)2-3-9(10)7-20-4-1-5-22-20/h2-3,6H,1,4-5,7H2. The fourth-order valence-corrected chi connectivity index (χ4v) is 3.33. The highest BCUT2D eigenvalue weighted by molar-refractivity contribution is 7.97. The molecule has 0 N–H and O–H groups in total. The van der Waals surface area contributed by atoms with Crippen LogP contribution in [0.15, 0.2) is 22.7 Å². The molecule has 1 fully saturated rings. The van der Waals surface area contributed by atoms with Crippen molar-refractivity contribution in [1.82, 2.24) is 14.4 Å². The first-order valence-corrected chi connectivity index (χ1v) is 7.83. The first kappa shape index (κ1) is 15.6. The lowest BCUT2D eigenvalue weighted by Gasteiger charge is -2.14. The van der Waals surface area contributed by atoms with Gasteiger partial charge in [-0.2, -0.15) is 18.2 Å². The van der Waals surface area contributed by atoms with E-state index in [2.05, 4.69) is 19.0 Å². The second kappa shape index (κ2) is 6.10. The summed E-state index contributed by atoms with van der Waals surface area (Å²) in [6.45, 7) is 1.70. The van der Waals surface area contributed by atoms with E-state index in [0.717, 1.165) is 24.3 Å². The summed E-state index contributed by atoms with van der Waals surface area (Å²) in [5.41, 5.74) is 1.31. The molecule has 0 unspecified atom stereocenters. The molecule has 1 aromatic carbocycles. The van der Waals surface area contributed by atoms with Gasteiger partial charge < -0.3 is 4.52 Å². The molecule has 0 spiro atoms. The van der Waals surface area contributed by atoms with Gasteiger partial charge in [-0.25, -0.2) is 4.31 Å². The average molecular weight is 350 g/mol. The quantitative estimate of drug-likeness (QED) is 0.774. The number of aromatic nitrogens is 2. The predicted molar refractivity (Wildman–Crippen MR) is 77.2 cm³/mol. The summed E-state index contributed by atoms with van der Waals surface area (Å²) in [6.07, 6.45) is -3.51. The monoisotopic (exact) mass is 349 g/mol. The number of halogens is 4. The molecule has 0 atom stereocenters. The maximum atomic E-state index is 12.5. The molecule has 118 valence electrons. The van der Waals surface area contributed by atoms with Gasteiger partial charge >= 0.3 is 12.1 Å². The molecule has 2 aromatic rings. The van der Waals surface area contributed by atoms with E-state index in [1.165, 1.54) is 0 Å². The molecule has 1 aromatic heterocycles. The van der Waals surface area contributed by atoms with Crippen molar-refractivity contribution in [3.05, 3.63) is 34.7 Å². The number of nitrogens with zero attached hydrogens (tertiary/aromatic N) is 3. The Hall–Kier alpha value is -1.25. The third-order valence-corrected chi connectivity index (χ3v) is 4.65. The molecule has 4 nitrogen and oxygen atoms in total. The van der Waals surface area contributed by atoms with Crippen molar-refractivity contribution in [3.63, 3.8) is 0 Å². The lowest BCUT2D eigenvalue weighted by molar-refractivity contribution is -0.159. The van der Waals surface area contributed by atoms with Gasteiger partial charge in [0.2, 0.25) is 5.82 Å². The van der Waals surface area contributed by atoms with Crippen molar-refractivity contribution in [2.24, 2.45) is 0 Å². The van der Waals surface area contributed by atoms with Crippen molar-refractivity contribution in [3.8, 4) is 11.4 Å². The van der Waals surface area contributed by atoms with Crippen LogP contribution in [0, 0.1) is 0 Å². The Balaban J connectivity index is 1.80. The third kappa shape index (κ3) is 3.39. The largest absolute Gasteiger partial charge is 0.471 e. The zero-order valence-electron chi connectivity index (χ0n) is 11.2. The second-order valence-corrected chi connectivity index (χ2v) is 6.37. The van der Waals surface area contributed by atoms with E-state index >= 15 is 0 Å². The first-order valence-electron chi connectivity index (χ1n) is 6.51. The molecule has 2 heterocycles. The summed E-state index contributed by atoms with van der Waals surface area (Å²) in [6, 6.07) is 4.98. The van der Waals surface area contributed by atoms with Gasteiger partial charge in [0.1, 0.15) is 0 Å². The number of benzene rings is 1. The second-order valence-electron chi connectivity index (χ2n) is 4.78. The van der Waals surface area contributed by atoms with Gasteiger partial charge in [0.25, 0.3) is 0 Å². The molecule has 1 aliphatic rings. The molecule has 0 saturated carbocycles. The first-order chi connectivity index (χ1) is 10.4. The van der Waals surface area contributed by atoms with E-state index in [4.69, 9.17) is 11.6 Å².